The lowest BCUT2D eigenvalue weighted by Crippen LogP contribution is -2.40. The second-order valence-electron chi connectivity index (χ2n) is 1.33. The SMILES string of the molecule is CCC(=O)NNC(=O)O. The average Bonchev–Trinajstić information content (AvgIpc) is 1.83. The van der Waals surface area contributed by atoms with Crippen molar-refractivity contribution >= 4 is 12.0 Å². The molecule has 0 aliphatic heterocycles. The molecule has 9 heavy (non-hydrogen) atoms. The Hall–Kier alpha value is -1.26. The van der Waals surface area contributed by atoms with Crippen molar-refractivity contribution in [1.29, 1.82) is 0 Å². The molecule has 0 saturated heterocycles. The predicted octanol–water partition coefficient (Wildman–Crippen LogP) is -0.305. The van der Waals surface area contributed by atoms with E-state index in [1.165, 1.54) is 0 Å². The Labute approximate surface area is 52.0 Å². The summed E-state index contributed by atoms with van der Waals surface area (Å²) in [6, 6.07) is 0. The standard InChI is InChI=1S/C4H8N2O3/c1-2-3(7)5-6-4(8)9/h6H,2H2,1H3,(H,5,7)(H,8,9). The average molecular weight is 132 g/mol. The lowest BCUT2D eigenvalue weighted by Gasteiger charge is -1.99. The van der Waals surface area contributed by atoms with E-state index in [0.717, 1.165) is 0 Å². The molecule has 0 rings (SSSR count). The maximum Gasteiger partial charge on any atom is 0.423 e. The molecule has 0 fully saturated rings. The Balaban J connectivity index is 3.28. The minimum atomic E-state index is -1.27. The molecule has 2 amide bonds. The summed E-state index contributed by atoms with van der Waals surface area (Å²) in [6.45, 7) is 1.62. The van der Waals surface area contributed by atoms with Gasteiger partial charge in [0.1, 0.15) is 0 Å². The molecule has 0 aromatic carbocycles. The Morgan fingerprint density at radius 2 is 2.00 bits per heavy atom. The highest BCUT2D eigenvalue weighted by Crippen LogP contribution is 1.69. The van der Waals surface area contributed by atoms with Gasteiger partial charge in [-0.15, -0.1) is 0 Å². The van der Waals surface area contributed by atoms with E-state index in [1.807, 2.05) is 5.43 Å². The Morgan fingerprint density at radius 1 is 1.44 bits per heavy atom. The zero-order chi connectivity index (χ0) is 7.28. The molecule has 5 heteroatoms. The van der Waals surface area contributed by atoms with Crippen molar-refractivity contribution < 1.29 is 14.7 Å². The molecule has 52 valence electrons. The number of rotatable bonds is 1. The smallest absolute Gasteiger partial charge is 0.423 e. The number of hydrazine groups is 1. The molecular formula is C4H8N2O3. The van der Waals surface area contributed by atoms with Gasteiger partial charge in [-0.2, -0.15) is 0 Å². The van der Waals surface area contributed by atoms with E-state index in [0.29, 0.717) is 0 Å². The summed E-state index contributed by atoms with van der Waals surface area (Å²) in [5.74, 6) is -0.350. The number of amides is 2. The largest absolute Gasteiger partial charge is 0.464 e. The molecule has 0 bridgehead atoms. The molecule has 0 atom stereocenters. The maximum atomic E-state index is 10.3. The lowest BCUT2D eigenvalue weighted by molar-refractivity contribution is -0.121. The lowest BCUT2D eigenvalue weighted by atomic mass is 10.5. The zero-order valence-electron chi connectivity index (χ0n) is 4.97. The molecule has 0 aromatic rings. The van der Waals surface area contributed by atoms with Crippen molar-refractivity contribution in [3.63, 3.8) is 0 Å². The minimum Gasteiger partial charge on any atom is -0.464 e. The molecule has 0 spiro atoms. The van der Waals surface area contributed by atoms with Gasteiger partial charge in [0.2, 0.25) is 5.91 Å². The van der Waals surface area contributed by atoms with E-state index in [9.17, 15) is 9.59 Å². The van der Waals surface area contributed by atoms with Crippen LogP contribution in [0.25, 0.3) is 0 Å². The first kappa shape index (κ1) is 7.74. The maximum absolute atomic E-state index is 10.3. The number of carbonyl (C=O) groups excluding carboxylic acids is 1. The van der Waals surface area contributed by atoms with Crippen LogP contribution in [0.3, 0.4) is 0 Å². The van der Waals surface area contributed by atoms with Crippen molar-refractivity contribution in [2.24, 2.45) is 0 Å². The normalized spacial score (nSPS) is 8.11. The van der Waals surface area contributed by atoms with Crippen LogP contribution in [0.4, 0.5) is 4.79 Å². The van der Waals surface area contributed by atoms with Gasteiger partial charge in [0.15, 0.2) is 0 Å². The fourth-order valence-corrected chi connectivity index (χ4v) is 0.212. The third-order valence-corrected chi connectivity index (χ3v) is 0.630. The molecule has 3 N–H and O–H groups in total. The number of hydrogen-bond donors (Lipinski definition) is 3. The van der Waals surface area contributed by atoms with Crippen LogP contribution in [0.2, 0.25) is 0 Å². The number of carboxylic acid groups (broad SMARTS) is 1. The highest BCUT2D eigenvalue weighted by atomic mass is 16.4. The van der Waals surface area contributed by atoms with E-state index >= 15 is 0 Å². The zero-order valence-corrected chi connectivity index (χ0v) is 4.97. The molecule has 0 aromatic heterocycles. The van der Waals surface area contributed by atoms with Gasteiger partial charge in [-0.05, 0) is 0 Å². The van der Waals surface area contributed by atoms with E-state index in [1.54, 1.807) is 12.3 Å². The van der Waals surface area contributed by atoms with Crippen molar-refractivity contribution in [1.82, 2.24) is 10.9 Å². The first-order chi connectivity index (χ1) is 4.16. The quantitative estimate of drug-likeness (QED) is 0.428. The highest BCUT2D eigenvalue weighted by molar-refractivity contribution is 5.78. The number of carbonyl (C=O) groups is 2. The monoisotopic (exact) mass is 132 g/mol. The molecule has 0 heterocycles. The third-order valence-electron chi connectivity index (χ3n) is 0.630. The van der Waals surface area contributed by atoms with Gasteiger partial charge >= 0.3 is 6.09 Å². The fourth-order valence-electron chi connectivity index (χ4n) is 0.212. The van der Waals surface area contributed by atoms with Gasteiger partial charge in [0.25, 0.3) is 0 Å². The van der Waals surface area contributed by atoms with Gasteiger partial charge in [0.05, 0.1) is 0 Å². The van der Waals surface area contributed by atoms with Gasteiger partial charge < -0.3 is 5.11 Å². The summed E-state index contributed by atoms with van der Waals surface area (Å²) < 4.78 is 0. The molecule has 0 radical (unpaired) electrons. The summed E-state index contributed by atoms with van der Waals surface area (Å²) in [7, 11) is 0. The highest BCUT2D eigenvalue weighted by Gasteiger charge is 1.96. The molecule has 5 nitrogen and oxygen atoms in total. The van der Waals surface area contributed by atoms with Crippen LogP contribution in [0.15, 0.2) is 0 Å². The van der Waals surface area contributed by atoms with Crippen LogP contribution in [0, 0.1) is 0 Å². The molecule has 0 aliphatic carbocycles. The molecule has 0 saturated carbocycles. The Bertz CT molecular complexity index is 123. The van der Waals surface area contributed by atoms with E-state index in [2.05, 4.69) is 0 Å². The Morgan fingerprint density at radius 3 is 2.33 bits per heavy atom. The second kappa shape index (κ2) is 3.71. The number of hydrogen-bond acceptors (Lipinski definition) is 2. The minimum absolute atomic E-state index is 0.264. The molecular weight excluding hydrogens is 124 g/mol. The third kappa shape index (κ3) is 4.60. The van der Waals surface area contributed by atoms with E-state index < -0.39 is 6.09 Å². The second-order valence-corrected chi connectivity index (χ2v) is 1.33. The summed E-state index contributed by atoms with van der Waals surface area (Å²) in [4.78, 5) is 20.0. The van der Waals surface area contributed by atoms with E-state index in [4.69, 9.17) is 5.11 Å². The van der Waals surface area contributed by atoms with Gasteiger partial charge in [-0.25, -0.2) is 10.2 Å². The topological polar surface area (TPSA) is 78.4 Å². The van der Waals surface area contributed by atoms with Crippen LogP contribution in [-0.2, 0) is 4.79 Å². The summed E-state index contributed by atoms with van der Waals surface area (Å²) >= 11 is 0. The van der Waals surface area contributed by atoms with Gasteiger partial charge in [-0.3, -0.25) is 10.2 Å². The van der Waals surface area contributed by atoms with Crippen LogP contribution in [-0.4, -0.2) is 17.1 Å². The molecule has 0 unspecified atom stereocenters. The van der Waals surface area contributed by atoms with Crippen molar-refractivity contribution in [2.75, 3.05) is 0 Å². The summed E-state index contributed by atoms with van der Waals surface area (Å²) in [5.41, 5.74) is 3.66. The van der Waals surface area contributed by atoms with Gasteiger partial charge in [-0.1, -0.05) is 6.92 Å². The molecule has 0 aliphatic rings. The first-order valence-electron chi connectivity index (χ1n) is 2.44. The van der Waals surface area contributed by atoms with Crippen LogP contribution in [0.1, 0.15) is 13.3 Å². The van der Waals surface area contributed by atoms with Gasteiger partial charge in [0, 0.05) is 6.42 Å². The predicted molar refractivity (Wildman–Crippen MR) is 29.6 cm³/mol. The van der Waals surface area contributed by atoms with Crippen molar-refractivity contribution in [3.8, 4) is 0 Å². The summed E-state index contributed by atoms with van der Waals surface area (Å²) in [5, 5.41) is 7.93. The number of nitrogens with one attached hydrogen (secondary N) is 2. The van der Waals surface area contributed by atoms with Crippen LogP contribution < -0.4 is 10.9 Å². The Kier molecular flexibility index (Phi) is 3.19. The van der Waals surface area contributed by atoms with Crippen molar-refractivity contribution in [2.45, 2.75) is 13.3 Å². The van der Waals surface area contributed by atoms with Crippen LogP contribution in [0.5, 0.6) is 0 Å². The fraction of sp³-hybridized carbons (Fsp3) is 0.500. The summed E-state index contributed by atoms with van der Waals surface area (Å²) in [6.07, 6.45) is -1.00. The van der Waals surface area contributed by atoms with E-state index in [-0.39, 0.29) is 12.3 Å². The first-order valence-corrected chi connectivity index (χ1v) is 2.44. The van der Waals surface area contributed by atoms with Crippen LogP contribution >= 0.6 is 0 Å². The van der Waals surface area contributed by atoms with Crippen molar-refractivity contribution in [3.05, 3.63) is 0 Å².